The summed E-state index contributed by atoms with van der Waals surface area (Å²) in [7, 11) is 0. The Labute approximate surface area is 194 Å². The lowest BCUT2D eigenvalue weighted by Gasteiger charge is -2.29. The van der Waals surface area contributed by atoms with E-state index in [1.807, 2.05) is 39.8 Å². The number of ether oxygens (including phenoxy) is 1. The molecule has 31 heavy (non-hydrogen) atoms. The van der Waals surface area contributed by atoms with Gasteiger partial charge in [0.2, 0.25) is 5.91 Å². The molecular weight excluding hydrogens is 435 g/mol. The van der Waals surface area contributed by atoms with Crippen molar-refractivity contribution in [3.63, 3.8) is 0 Å². The predicted octanol–water partition coefficient (Wildman–Crippen LogP) is 5.32. The summed E-state index contributed by atoms with van der Waals surface area (Å²) < 4.78 is 5.75. The molecule has 2 amide bonds. The molecule has 0 saturated heterocycles. The fraction of sp³-hybridized carbons (Fsp3) is 0.417. The number of rotatable bonds is 9. The molecule has 0 aliphatic heterocycles. The smallest absolute Gasteiger partial charge is 0.261 e. The molecule has 0 saturated carbocycles. The zero-order valence-corrected chi connectivity index (χ0v) is 20.2. The topological polar surface area (TPSA) is 58.6 Å². The van der Waals surface area contributed by atoms with Gasteiger partial charge in [0.25, 0.3) is 5.91 Å². The number of carbonyl (C=O) groups excluding carboxylic acids is 2. The van der Waals surface area contributed by atoms with Crippen molar-refractivity contribution < 1.29 is 14.3 Å². The van der Waals surface area contributed by atoms with Crippen molar-refractivity contribution in [3.8, 4) is 5.75 Å². The van der Waals surface area contributed by atoms with Crippen LogP contribution in [0.1, 0.15) is 43.9 Å². The number of aryl methyl sites for hydroxylation is 2. The zero-order valence-electron chi connectivity index (χ0n) is 18.7. The van der Waals surface area contributed by atoms with E-state index in [1.165, 1.54) is 4.90 Å². The van der Waals surface area contributed by atoms with Crippen LogP contribution in [0.3, 0.4) is 0 Å². The third-order valence-electron chi connectivity index (χ3n) is 5.18. The van der Waals surface area contributed by atoms with E-state index in [0.717, 1.165) is 23.1 Å². The van der Waals surface area contributed by atoms with Crippen molar-refractivity contribution in [1.82, 2.24) is 10.2 Å². The van der Waals surface area contributed by atoms with E-state index in [9.17, 15) is 9.59 Å². The Morgan fingerprint density at radius 3 is 2.32 bits per heavy atom. The molecule has 0 radical (unpaired) electrons. The first-order valence-electron chi connectivity index (χ1n) is 10.4. The summed E-state index contributed by atoms with van der Waals surface area (Å²) in [5.41, 5.74) is 2.59. The minimum atomic E-state index is -0.669. The van der Waals surface area contributed by atoms with Crippen molar-refractivity contribution in [2.24, 2.45) is 0 Å². The average molecular weight is 465 g/mol. The quantitative estimate of drug-likeness (QED) is 0.545. The van der Waals surface area contributed by atoms with Gasteiger partial charge in [-0.05, 0) is 75.1 Å². The van der Waals surface area contributed by atoms with Crippen molar-refractivity contribution in [2.75, 3.05) is 6.61 Å². The van der Waals surface area contributed by atoms with Crippen molar-refractivity contribution in [2.45, 2.75) is 59.7 Å². The highest BCUT2D eigenvalue weighted by molar-refractivity contribution is 6.32. The second kappa shape index (κ2) is 11.4. The summed E-state index contributed by atoms with van der Waals surface area (Å²) >= 11 is 12.3. The van der Waals surface area contributed by atoms with Crippen LogP contribution in [0.4, 0.5) is 0 Å². The highest BCUT2D eigenvalue weighted by Crippen LogP contribution is 2.26. The van der Waals surface area contributed by atoms with E-state index in [-0.39, 0.29) is 31.0 Å². The van der Waals surface area contributed by atoms with E-state index >= 15 is 0 Å². The number of amides is 2. The Bertz CT molecular complexity index is 910. The van der Waals surface area contributed by atoms with Crippen LogP contribution >= 0.6 is 23.2 Å². The van der Waals surface area contributed by atoms with Gasteiger partial charge in [-0.2, -0.15) is 0 Å². The van der Waals surface area contributed by atoms with Crippen LogP contribution in [-0.4, -0.2) is 35.4 Å². The summed E-state index contributed by atoms with van der Waals surface area (Å²) in [6, 6.07) is 10.2. The Morgan fingerprint density at radius 2 is 1.74 bits per heavy atom. The first-order valence-corrected chi connectivity index (χ1v) is 11.1. The van der Waals surface area contributed by atoms with Crippen LogP contribution in [0.25, 0.3) is 0 Å². The van der Waals surface area contributed by atoms with E-state index < -0.39 is 6.04 Å². The van der Waals surface area contributed by atoms with Crippen LogP contribution in [0, 0.1) is 13.8 Å². The maximum Gasteiger partial charge on any atom is 0.261 e. The molecule has 0 aliphatic rings. The van der Waals surface area contributed by atoms with Crippen molar-refractivity contribution in [1.29, 1.82) is 0 Å². The van der Waals surface area contributed by atoms with Gasteiger partial charge >= 0.3 is 0 Å². The number of nitrogens with one attached hydrogen (secondary N) is 1. The number of benzene rings is 2. The van der Waals surface area contributed by atoms with Gasteiger partial charge in [0.15, 0.2) is 6.61 Å². The molecule has 2 aromatic carbocycles. The fourth-order valence-electron chi connectivity index (χ4n) is 3.10. The van der Waals surface area contributed by atoms with E-state index in [4.69, 9.17) is 27.9 Å². The minimum Gasteiger partial charge on any atom is -0.484 e. The number of carbonyl (C=O) groups is 2. The Balaban J connectivity index is 2.19. The largest absolute Gasteiger partial charge is 0.484 e. The first kappa shape index (κ1) is 25.0. The second-order valence-corrected chi connectivity index (χ2v) is 8.62. The first-order chi connectivity index (χ1) is 14.6. The molecule has 0 aromatic heterocycles. The predicted molar refractivity (Wildman–Crippen MR) is 126 cm³/mol. The third-order valence-corrected chi connectivity index (χ3v) is 6.01. The SMILES string of the molecule is CC[C@@H](C)NC(=O)[C@H](C)N(Cc1cccc(Cl)c1)C(=O)COc1cc(C)c(Cl)c(C)c1. The molecule has 0 heterocycles. The molecule has 2 rings (SSSR count). The molecule has 0 aliphatic carbocycles. The summed E-state index contributed by atoms with van der Waals surface area (Å²) in [6.45, 7) is 9.47. The van der Waals surface area contributed by atoms with Crippen LogP contribution in [0.2, 0.25) is 10.0 Å². The standard InChI is InChI=1S/C24H30Cl2N2O3/c1-6-17(4)27-24(30)18(5)28(13-19-8-7-9-20(25)12-19)22(29)14-31-21-10-15(2)23(26)16(3)11-21/h7-12,17-18H,6,13-14H2,1-5H3,(H,27,30)/t17-,18+/m1/s1. The van der Waals surface area contributed by atoms with Gasteiger partial charge in [-0.25, -0.2) is 0 Å². The van der Waals surface area contributed by atoms with Crippen LogP contribution in [0.5, 0.6) is 5.75 Å². The van der Waals surface area contributed by atoms with E-state index in [0.29, 0.717) is 15.8 Å². The second-order valence-electron chi connectivity index (χ2n) is 7.81. The van der Waals surface area contributed by atoms with Gasteiger partial charge in [-0.15, -0.1) is 0 Å². The summed E-state index contributed by atoms with van der Waals surface area (Å²) in [5.74, 6) is 0.0621. The molecule has 7 heteroatoms. The van der Waals surface area contributed by atoms with Crippen molar-refractivity contribution in [3.05, 3.63) is 63.1 Å². The van der Waals surface area contributed by atoms with Crippen LogP contribution in [0.15, 0.2) is 36.4 Å². The zero-order chi connectivity index (χ0) is 23.1. The fourth-order valence-corrected chi connectivity index (χ4v) is 3.42. The lowest BCUT2D eigenvalue weighted by Crippen LogP contribution is -2.50. The van der Waals surface area contributed by atoms with Gasteiger partial charge in [-0.1, -0.05) is 42.3 Å². The Hall–Kier alpha value is -2.24. The highest BCUT2D eigenvalue weighted by atomic mass is 35.5. The molecule has 5 nitrogen and oxygen atoms in total. The number of halogens is 2. The van der Waals surface area contributed by atoms with Crippen LogP contribution < -0.4 is 10.1 Å². The molecule has 2 aromatic rings. The molecule has 0 bridgehead atoms. The van der Waals surface area contributed by atoms with Gasteiger partial charge in [-0.3, -0.25) is 9.59 Å². The van der Waals surface area contributed by atoms with Gasteiger partial charge in [0, 0.05) is 22.6 Å². The molecule has 2 atom stereocenters. The summed E-state index contributed by atoms with van der Waals surface area (Å²) in [4.78, 5) is 27.3. The van der Waals surface area contributed by atoms with Crippen LogP contribution in [-0.2, 0) is 16.1 Å². The molecular formula is C24H30Cl2N2O3. The molecule has 1 N–H and O–H groups in total. The van der Waals surface area contributed by atoms with E-state index in [1.54, 1.807) is 31.2 Å². The monoisotopic (exact) mass is 464 g/mol. The molecule has 0 unspecified atom stereocenters. The molecule has 168 valence electrons. The molecule has 0 fully saturated rings. The van der Waals surface area contributed by atoms with Gasteiger partial charge < -0.3 is 15.0 Å². The lowest BCUT2D eigenvalue weighted by atomic mass is 10.1. The Kier molecular flexibility index (Phi) is 9.20. The summed E-state index contributed by atoms with van der Waals surface area (Å²) in [6.07, 6.45) is 0.805. The van der Waals surface area contributed by atoms with Crippen molar-refractivity contribution >= 4 is 35.0 Å². The maximum absolute atomic E-state index is 13.1. The average Bonchev–Trinajstić information content (AvgIpc) is 2.73. The number of hydrogen-bond donors (Lipinski definition) is 1. The minimum absolute atomic E-state index is 0.0225. The normalized spacial score (nSPS) is 12.7. The maximum atomic E-state index is 13.1. The molecule has 0 spiro atoms. The number of nitrogens with zero attached hydrogens (tertiary/aromatic N) is 1. The Morgan fingerprint density at radius 1 is 1.10 bits per heavy atom. The highest BCUT2D eigenvalue weighted by Gasteiger charge is 2.27. The van der Waals surface area contributed by atoms with Gasteiger partial charge in [0.05, 0.1) is 0 Å². The summed E-state index contributed by atoms with van der Waals surface area (Å²) in [5, 5.41) is 4.19. The lowest BCUT2D eigenvalue weighted by molar-refractivity contribution is -0.142. The third kappa shape index (κ3) is 7.15. The van der Waals surface area contributed by atoms with E-state index in [2.05, 4.69) is 5.32 Å². The van der Waals surface area contributed by atoms with Gasteiger partial charge in [0.1, 0.15) is 11.8 Å². The number of hydrogen-bond acceptors (Lipinski definition) is 3.